The smallest absolute Gasteiger partial charge is 0.145 e. The summed E-state index contributed by atoms with van der Waals surface area (Å²) in [6, 6.07) is 13.1. The van der Waals surface area contributed by atoms with Crippen molar-refractivity contribution >= 4 is 5.69 Å². The van der Waals surface area contributed by atoms with Gasteiger partial charge in [0, 0.05) is 29.3 Å². The molecule has 2 aromatic heterocycles. The fourth-order valence-electron chi connectivity index (χ4n) is 2.17. The largest absolute Gasteiger partial charge is 0.399 e. The minimum Gasteiger partial charge on any atom is -0.399 e. The van der Waals surface area contributed by atoms with E-state index >= 15 is 0 Å². The number of nitrogen functional groups attached to an aromatic ring is 1. The van der Waals surface area contributed by atoms with Crippen LogP contribution in [-0.4, -0.2) is 14.5 Å². The van der Waals surface area contributed by atoms with E-state index in [-0.39, 0.29) is 0 Å². The van der Waals surface area contributed by atoms with E-state index in [9.17, 15) is 0 Å². The van der Waals surface area contributed by atoms with Crippen LogP contribution in [0.3, 0.4) is 0 Å². The second kappa shape index (κ2) is 5.10. The molecule has 1 aromatic carbocycles. The van der Waals surface area contributed by atoms with Crippen molar-refractivity contribution in [2.45, 2.75) is 6.92 Å². The topological polar surface area (TPSA) is 80.5 Å². The molecule has 0 unspecified atom stereocenters. The molecule has 5 nitrogen and oxygen atoms in total. The van der Waals surface area contributed by atoms with Gasteiger partial charge in [0.15, 0.2) is 0 Å². The highest BCUT2D eigenvalue weighted by Gasteiger charge is 2.10. The van der Waals surface area contributed by atoms with Crippen LogP contribution in [0.1, 0.15) is 11.3 Å². The Morgan fingerprint density at radius 2 is 1.95 bits per heavy atom. The van der Waals surface area contributed by atoms with Gasteiger partial charge in [-0.1, -0.05) is 0 Å². The Kier molecular flexibility index (Phi) is 3.13. The van der Waals surface area contributed by atoms with Gasteiger partial charge in [-0.2, -0.15) is 5.26 Å². The lowest BCUT2D eigenvalue weighted by molar-refractivity contribution is 0.981. The predicted octanol–water partition coefficient (Wildman–Crippen LogP) is 2.70. The van der Waals surface area contributed by atoms with Crippen LogP contribution in [0.25, 0.3) is 17.2 Å². The van der Waals surface area contributed by atoms with E-state index in [1.54, 1.807) is 18.3 Å². The molecule has 0 atom stereocenters. The third-order valence-electron chi connectivity index (χ3n) is 3.13. The molecule has 102 valence electrons. The zero-order valence-electron chi connectivity index (χ0n) is 11.5. The number of aromatic nitrogens is 3. The van der Waals surface area contributed by atoms with Gasteiger partial charge in [-0.15, -0.1) is 0 Å². The summed E-state index contributed by atoms with van der Waals surface area (Å²) in [6.07, 6.45) is 3.54. The highest BCUT2D eigenvalue weighted by Crippen LogP contribution is 2.22. The van der Waals surface area contributed by atoms with Crippen molar-refractivity contribution in [1.29, 1.82) is 5.26 Å². The normalized spacial score (nSPS) is 10.3. The summed E-state index contributed by atoms with van der Waals surface area (Å²) >= 11 is 0. The maximum atomic E-state index is 9.08. The fraction of sp³-hybridized carbons (Fsp3) is 0.0625. The van der Waals surface area contributed by atoms with Crippen LogP contribution < -0.4 is 5.73 Å². The fourth-order valence-corrected chi connectivity index (χ4v) is 2.17. The van der Waals surface area contributed by atoms with Gasteiger partial charge in [0.2, 0.25) is 0 Å². The first-order valence-corrected chi connectivity index (χ1v) is 6.46. The predicted molar refractivity (Wildman–Crippen MR) is 80.7 cm³/mol. The number of nitriles is 1. The Morgan fingerprint density at radius 1 is 1.19 bits per heavy atom. The van der Waals surface area contributed by atoms with Crippen LogP contribution >= 0.6 is 0 Å². The number of aryl methyl sites for hydroxylation is 1. The lowest BCUT2D eigenvalue weighted by Gasteiger charge is -2.08. The number of anilines is 1. The van der Waals surface area contributed by atoms with Crippen LogP contribution in [-0.2, 0) is 0 Å². The van der Waals surface area contributed by atoms with Crippen LogP contribution in [0.4, 0.5) is 5.69 Å². The maximum Gasteiger partial charge on any atom is 0.145 e. The number of nitrogens with zero attached hydrogens (tertiary/aromatic N) is 4. The third-order valence-corrected chi connectivity index (χ3v) is 3.13. The Balaban J connectivity index is 2.13. The number of hydrogen-bond donors (Lipinski definition) is 1. The number of hydrogen-bond acceptors (Lipinski definition) is 4. The van der Waals surface area contributed by atoms with Crippen molar-refractivity contribution in [1.82, 2.24) is 14.5 Å². The van der Waals surface area contributed by atoms with Crippen LogP contribution in [0, 0.1) is 18.3 Å². The van der Waals surface area contributed by atoms with E-state index in [2.05, 4.69) is 16.0 Å². The first-order chi connectivity index (χ1) is 10.2. The zero-order chi connectivity index (χ0) is 14.8. The molecule has 0 saturated heterocycles. The number of pyridine rings is 1. The van der Waals surface area contributed by atoms with E-state index in [1.807, 2.05) is 42.0 Å². The van der Waals surface area contributed by atoms with Crippen molar-refractivity contribution in [3.8, 4) is 23.3 Å². The van der Waals surface area contributed by atoms with Crippen LogP contribution in [0.15, 0.2) is 48.8 Å². The molecular formula is C16H13N5. The molecule has 0 bridgehead atoms. The zero-order valence-corrected chi connectivity index (χ0v) is 11.5. The molecule has 0 aliphatic heterocycles. The van der Waals surface area contributed by atoms with Crippen LogP contribution in [0.2, 0.25) is 0 Å². The van der Waals surface area contributed by atoms with E-state index in [4.69, 9.17) is 11.0 Å². The number of rotatable bonds is 2. The molecule has 2 N–H and O–H groups in total. The molecule has 5 heteroatoms. The molecule has 0 saturated carbocycles. The second-order valence-corrected chi connectivity index (χ2v) is 4.71. The molecule has 0 radical (unpaired) electrons. The molecule has 0 spiro atoms. The third kappa shape index (κ3) is 2.47. The van der Waals surface area contributed by atoms with Gasteiger partial charge in [0.25, 0.3) is 0 Å². The van der Waals surface area contributed by atoms with E-state index in [0.29, 0.717) is 17.1 Å². The summed E-state index contributed by atoms with van der Waals surface area (Å²) in [7, 11) is 0. The number of benzene rings is 1. The molecular weight excluding hydrogens is 262 g/mol. The van der Waals surface area contributed by atoms with Crippen molar-refractivity contribution in [3.63, 3.8) is 0 Å². The standard InChI is InChI=1S/C16H13N5/c1-11-8-12(10-17)9-15(20-11)21-7-6-19-16(21)13-2-4-14(18)5-3-13/h2-9H,18H2,1H3. The highest BCUT2D eigenvalue weighted by molar-refractivity contribution is 5.61. The summed E-state index contributed by atoms with van der Waals surface area (Å²) in [5.41, 5.74) is 8.73. The summed E-state index contributed by atoms with van der Waals surface area (Å²) in [6.45, 7) is 1.87. The van der Waals surface area contributed by atoms with Gasteiger partial charge in [0.1, 0.15) is 11.6 Å². The van der Waals surface area contributed by atoms with Crippen molar-refractivity contribution in [2.75, 3.05) is 5.73 Å². The molecule has 2 heterocycles. The molecule has 3 aromatic rings. The summed E-state index contributed by atoms with van der Waals surface area (Å²) in [5, 5.41) is 9.08. The van der Waals surface area contributed by atoms with Gasteiger partial charge < -0.3 is 5.73 Å². The van der Waals surface area contributed by atoms with Crippen LogP contribution in [0.5, 0.6) is 0 Å². The van der Waals surface area contributed by atoms with Gasteiger partial charge in [-0.25, -0.2) is 9.97 Å². The average molecular weight is 275 g/mol. The van der Waals surface area contributed by atoms with E-state index < -0.39 is 0 Å². The van der Waals surface area contributed by atoms with Crippen molar-refractivity contribution < 1.29 is 0 Å². The van der Waals surface area contributed by atoms with Gasteiger partial charge >= 0.3 is 0 Å². The van der Waals surface area contributed by atoms with Gasteiger partial charge in [-0.3, -0.25) is 4.57 Å². The highest BCUT2D eigenvalue weighted by atomic mass is 15.1. The van der Waals surface area contributed by atoms with E-state index in [0.717, 1.165) is 17.1 Å². The minimum absolute atomic E-state index is 0.578. The summed E-state index contributed by atoms with van der Waals surface area (Å²) < 4.78 is 1.86. The van der Waals surface area contributed by atoms with E-state index in [1.165, 1.54) is 0 Å². The van der Waals surface area contributed by atoms with Crippen molar-refractivity contribution in [2.24, 2.45) is 0 Å². The van der Waals surface area contributed by atoms with Gasteiger partial charge in [-0.05, 0) is 43.3 Å². The average Bonchev–Trinajstić information content (AvgIpc) is 2.97. The number of nitrogens with two attached hydrogens (primary N) is 1. The first kappa shape index (κ1) is 12.9. The Morgan fingerprint density at radius 3 is 2.67 bits per heavy atom. The molecule has 0 amide bonds. The molecule has 0 aliphatic carbocycles. The summed E-state index contributed by atoms with van der Waals surface area (Å²) in [4.78, 5) is 8.85. The summed E-state index contributed by atoms with van der Waals surface area (Å²) in [5.74, 6) is 1.44. The molecule has 0 fully saturated rings. The Hall–Kier alpha value is -3.13. The van der Waals surface area contributed by atoms with Crippen molar-refractivity contribution in [3.05, 3.63) is 60.0 Å². The maximum absolute atomic E-state index is 9.08. The SMILES string of the molecule is Cc1cc(C#N)cc(-n2ccnc2-c2ccc(N)cc2)n1. The quantitative estimate of drug-likeness (QED) is 0.729. The Labute approximate surface area is 122 Å². The lowest BCUT2D eigenvalue weighted by atomic mass is 10.2. The molecule has 3 rings (SSSR count). The first-order valence-electron chi connectivity index (χ1n) is 6.46. The second-order valence-electron chi connectivity index (χ2n) is 4.71. The lowest BCUT2D eigenvalue weighted by Crippen LogP contribution is -2.01. The molecule has 21 heavy (non-hydrogen) atoms. The van der Waals surface area contributed by atoms with Gasteiger partial charge in [0.05, 0.1) is 11.6 Å². The minimum atomic E-state index is 0.578. The molecule has 0 aliphatic rings. The Bertz CT molecular complexity index is 825. The number of imidazole rings is 1. The monoisotopic (exact) mass is 275 g/mol.